The number of benzene rings is 3. The van der Waals surface area contributed by atoms with E-state index in [-0.39, 0.29) is 11.9 Å². The van der Waals surface area contributed by atoms with Gasteiger partial charge in [0.1, 0.15) is 5.75 Å². The number of hydrazone groups is 1. The molecule has 0 N–H and O–H groups in total. The van der Waals surface area contributed by atoms with Gasteiger partial charge in [0.25, 0.3) is 0 Å². The molecule has 1 aliphatic heterocycles. The van der Waals surface area contributed by atoms with Crippen molar-refractivity contribution in [3.8, 4) is 5.75 Å². The second kappa shape index (κ2) is 8.74. The summed E-state index contributed by atoms with van der Waals surface area (Å²) in [5, 5.41) is 6.42. The number of ether oxygens (including phenoxy) is 1. The third-order valence-corrected chi connectivity index (χ3v) is 5.24. The molecule has 146 valence electrons. The molecule has 0 unspecified atom stereocenters. The van der Waals surface area contributed by atoms with Gasteiger partial charge in [0.15, 0.2) is 0 Å². The highest BCUT2D eigenvalue weighted by Crippen LogP contribution is 2.33. The summed E-state index contributed by atoms with van der Waals surface area (Å²) in [6.45, 7) is 0. The predicted octanol–water partition coefficient (Wildman–Crippen LogP) is 5.01. The van der Waals surface area contributed by atoms with Crippen molar-refractivity contribution in [3.63, 3.8) is 0 Å². The Balaban J connectivity index is 1.57. The lowest BCUT2D eigenvalue weighted by atomic mass is 9.98. The third-order valence-electron chi connectivity index (χ3n) is 5.24. The maximum Gasteiger partial charge on any atom is 0.243 e. The average molecular weight is 384 g/mol. The van der Waals surface area contributed by atoms with Gasteiger partial charge in [-0.15, -0.1) is 0 Å². The molecular weight excluding hydrogens is 360 g/mol. The molecule has 4 nitrogen and oxygen atoms in total. The summed E-state index contributed by atoms with van der Waals surface area (Å²) in [4.78, 5) is 13.1. The lowest BCUT2D eigenvalue weighted by Gasteiger charge is -2.22. The molecule has 0 radical (unpaired) electrons. The summed E-state index contributed by atoms with van der Waals surface area (Å²) in [6.07, 6.45) is 1.85. The summed E-state index contributed by atoms with van der Waals surface area (Å²) in [5.74, 6) is 0.856. The lowest BCUT2D eigenvalue weighted by molar-refractivity contribution is -0.133. The Labute approximate surface area is 171 Å². The topological polar surface area (TPSA) is 41.9 Å². The number of carbonyl (C=O) groups excluding carboxylic acids is 1. The quantitative estimate of drug-likeness (QED) is 0.600. The molecule has 1 amide bonds. The Kier molecular flexibility index (Phi) is 5.71. The molecule has 3 aromatic carbocycles. The van der Waals surface area contributed by atoms with Crippen LogP contribution in [0.1, 0.15) is 35.6 Å². The number of carbonyl (C=O) groups is 1. The van der Waals surface area contributed by atoms with Crippen LogP contribution >= 0.6 is 0 Å². The fourth-order valence-corrected chi connectivity index (χ4v) is 3.64. The maximum absolute atomic E-state index is 13.1. The highest BCUT2D eigenvalue weighted by molar-refractivity contribution is 6.03. The van der Waals surface area contributed by atoms with Crippen molar-refractivity contribution in [3.05, 3.63) is 102 Å². The zero-order valence-electron chi connectivity index (χ0n) is 16.5. The molecule has 4 rings (SSSR count). The first kappa shape index (κ1) is 18.9. The Hall–Kier alpha value is -3.40. The van der Waals surface area contributed by atoms with Crippen LogP contribution in [0, 0.1) is 0 Å². The van der Waals surface area contributed by atoms with Gasteiger partial charge in [0, 0.05) is 12.8 Å². The number of nitrogens with zero attached hydrogens (tertiary/aromatic N) is 2. The SMILES string of the molecule is COc1ccc(C2=NN(C(=O)CCc3ccccc3)[C@@H](c3ccccc3)C2)cc1. The number of amides is 1. The van der Waals surface area contributed by atoms with E-state index in [4.69, 9.17) is 9.84 Å². The molecule has 4 heteroatoms. The number of rotatable bonds is 6. The summed E-state index contributed by atoms with van der Waals surface area (Å²) < 4.78 is 5.25. The zero-order valence-corrected chi connectivity index (χ0v) is 16.5. The largest absolute Gasteiger partial charge is 0.497 e. The van der Waals surface area contributed by atoms with Crippen molar-refractivity contribution in [2.24, 2.45) is 5.10 Å². The van der Waals surface area contributed by atoms with Gasteiger partial charge >= 0.3 is 0 Å². The van der Waals surface area contributed by atoms with Crippen molar-refractivity contribution in [2.45, 2.75) is 25.3 Å². The van der Waals surface area contributed by atoms with E-state index in [1.54, 1.807) is 12.1 Å². The molecule has 1 aliphatic rings. The van der Waals surface area contributed by atoms with E-state index in [1.807, 2.05) is 60.7 Å². The molecule has 0 aliphatic carbocycles. The summed E-state index contributed by atoms with van der Waals surface area (Å²) >= 11 is 0. The maximum atomic E-state index is 13.1. The summed E-state index contributed by atoms with van der Waals surface area (Å²) in [6, 6.07) is 28.0. The van der Waals surface area contributed by atoms with Crippen LogP contribution in [-0.4, -0.2) is 23.7 Å². The number of methoxy groups -OCH3 is 1. The van der Waals surface area contributed by atoms with Crippen LogP contribution in [0.3, 0.4) is 0 Å². The van der Waals surface area contributed by atoms with Gasteiger partial charge in [-0.2, -0.15) is 5.10 Å². The number of hydrogen-bond acceptors (Lipinski definition) is 3. The zero-order chi connectivity index (χ0) is 20.1. The lowest BCUT2D eigenvalue weighted by Crippen LogP contribution is -2.27. The first-order valence-electron chi connectivity index (χ1n) is 9.87. The monoisotopic (exact) mass is 384 g/mol. The Bertz CT molecular complexity index is 982. The van der Waals surface area contributed by atoms with Crippen molar-refractivity contribution < 1.29 is 9.53 Å². The molecule has 3 aromatic rings. The predicted molar refractivity (Wildman–Crippen MR) is 115 cm³/mol. The van der Waals surface area contributed by atoms with Crippen LogP contribution in [0.5, 0.6) is 5.75 Å². The van der Waals surface area contributed by atoms with Crippen molar-refractivity contribution in [1.29, 1.82) is 0 Å². The molecule has 0 saturated carbocycles. The Morgan fingerprint density at radius 2 is 1.62 bits per heavy atom. The molecule has 0 fully saturated rings. The van der Waals surface area contributed by atoms with Gasteiger partial charge in [-0.1, -0.05) is 60.7 Å². The van der Waals surface area contributed by atoms with Gasteiger partial charge in [-0.25, -0.2) is 5.01 Å². The van der Waals surface area contributed by atoms with Gasteiger partial charge in [-0.05, 0) is 47.4 Å². The van der Waals surface area contributed by atoms with Crippen LogP contribution in [0.2, 0.25) is 0 Å². The van der Waals surface area contributed by atoms with Crippen LogP contribution in [0.4, 0.5) is 0 Å². The van der Waals surface area contributed by atoms with Crippen molar-refractivity contribution in [1.82, 2.24) is 5.01 Å². The molecular formula is C25H24N2O2. The van der Waals surface area contributed by atoms with Crippen LogP contribution in [0.15, 0.2) is 90.0 Å². The Morgan fingerprint density at radius 1 is 0.966 bits per heavy atom. The van der Waals surface area contributed by atoms with E-state index in [9.17, 15) is 4.79 Å². The Morgan fingerprint density at radius 3 is 2.28 bits per heavy atom. The molecule has 1 heterocycles. The normalized spacial score (nSPS) is 15.8. The van der Waals surface area contributed by atoms with Crippen LogP contribution in [-0.2, 0) is 11.2 Å². The van der Waals surface area contributed by atoms with Gasteiger partial charge in [0.05, 0.1) is 18.9 Å². The van der Waals surface area contributed by atoms with E-state index in [0.717, 1.165) is 28.2 Å². The minimum atomic E-state index is -0.0726. The minimum absolute atomic E-state index is 0.0474. The van der Waals surface area contributed by atoms with Crippen molar-refractivity contribution >= 4 is 11.6 Å². The third kappa shape index (κ3) is 4.37. The highest BCUT2D eigenvalue weighted by Gasteiger charge is 2.32. The molecule has 0 aromatic heterocycles. The van der Waals surface area contributed by atoms with E-state index >= 15 is 0 Å². The summed E-state index contributed by atoms with van der Waals surface area (Å²) in [5.41, 5.74) is 4.21. The van der Waals surface area contributed by atoms with Crippen LogP contribution < -0.4 is 4.74 Å². The number of aryl methyl sites for hydroxylation is 1. The average Bonchev–Trinajstić information content (AvgIpc) is 3.24. The second-order valence-corrected chi connectivity index (χ2v) is 7.13. The standard InChI is InChI=1S/C25H24N2O2/c1-29-22-15-13-20(14-16-22)23-18-24(21-10-6-3-7-11-21)27(26-23)25(28)17-12-19-8-4-2-5-9-19/h2-11,13-16,24H,12,17-18H2,1H3/t24-/m1/s1. The van der Waals surface area contributed by atoms with Crippen molar-refractivity contribution in [2.75, 3.05) is 7.11 Å². The minimum Gasteiger partial charge on any atom is -0.497 e. The molecule has 1 atom stereocenters. The highest BCUT2D eigenvalue weighted by atomic mass is 16.5. The first-order chi connectivity index (χ1) is 14.2. The first-order valence-corrected chi connectivity index (χ1v) is 9.87. The molecule has 0 spiro atoms. The van der Waals surface area contributed by atoms with Gasteiger partial charge < -0.3 is 4.74 Å². The van der Waals surface area contributed by atoms with E-state index in [2.05, 4.69) is 24.3 Å². The van der Waals surface area contributed by atoms with E-state index < -0.39 is 0 Å². The van der Waals surface area contributed by atoms with E-state index in [1.165, 1.54) is 0 Å². The molecule has 0 saturated heterocycles. The fourth-order valence-electron chi connectivity index (χ4n) is 3.64. The van der Waals surface area contributed by atoms with Gasteiger partial charge in [0.2, 0.25) is 5.91 Å². The summed E-state index contributed by atoms with van der Waals surface area (Å²) in [7, 11) is 1.65. The van der Waals surface area contributed by atoms with Crippen LogP contribution in [0.25, 0.3) is 0 Å². The molecule has 29 heavy (non-hydrogen) atoms. The van der Waals surface area contributed by atoms with Gasteiger partial charge in [-0.3, -0.25) is 4.79 Å². The smallest absolute Gasteiger partial charge is 0.243 e. The van der Waals surface area contributed by atoms with E-state index in [0.29, 0.717) is 19.3 Å². The second-order valence-electron chi connectivity index (χ2n) is 7.13. The fraction of sp³-hybridized carbons (Fsp3) is 0.200. The molecule has 0 bridgehead atoms. The number of hydrogen-bond donors (Lipinski definition) is 0.